The van der Waals surface area contributed by atoms with Gasteiger partial charge in [-0.05, 0) is 81.7 Å². The molecule has 3 fully saturated rings. The van der Waals surface area contributed by atoms with E-state index in [0.717, 1.165) is 87.6 Å². The van der Waals surface area contributed by atoms with Gasteiger partial charge in [0.25, 0.3) is 5.91 Å². The zero-order valence-electron chi connectivity index (χ0n) is 29.8. The van der Waals surface area contributed by atoms with E-state index in [2.05, 4.69) is 55.7 Å². The molecule has 6 heterocycles. The van der Waals surface area contributed by atoms with Crippen molar-refractivity contribution in [3.8, 4) is 11.3 Å². The van der Waals surface area contributed by atoms with E-state index in [1.165, 1.54) is 17.3 Å². The molecule has 1 spiro atoms. The molecule has 3 aromatic heterocycles. The highest BCUT2D eigenvalue weighted by atomic mass is 19.1. The van der Waals surface area contributed by atoms with Crippen molar-refractivity contribution < 1.29 is 18.7 Å². The van der Waals surface area contributed by atoms with Gasteiger partial charge in [-0.1, -0.05) is 18.2 Å². The van der Waals surface area contributed by atoms with E-state index in [4.69, 9.17) is 14.8 Å². The number of hydrogen-bond acceptors (Lipinski definition) is 9. The standard InChI is InChI=1S/C38H46FN9O3/c1-37(2,3)51-36(50)46-16-12-38(13-17-46)11-15-45(23-38)22-24-8-9-28(41-20-24)25-6-5-7-31-26(25)10-14-47(31)33-19-30(40-4)34-42-21-32(48(34)44-33)35(49)43-29-18-27(29)39/h5-9,19-21,27,29,40H,10-18,22-23H2,1-4H3,(H,43,49)/t27-,29+/m0/s1. The molecule has 0 unspecified atom stereocenters. The number of aromatic nitrogens is 4. The summed E-state index contributed by atoms with van der Waals surface area (Å²) in [5, 5.41) is 10.8. The zero-order chi connectivity index (χ0) is 35.5. The first-order valence-electron chi connectivity index (χ1n) is 18.1. The molecule has 0 radical (unpaired) electrons. The third kappa shape index (κ3) is 6.59. The predicted octanol–water partition coefficient (Wildman–Crippen LogP) is 5.59. The van der Waals surface area contributed by atoms with Gasteiger partial charge in [-0.15, -0.1) is 5.10 Å². The summed E-state index contributed by atoms with van der Waals surface area (Å²) in [5.74, 6) is 0.301. The number of pyridine rings is 1. The van der Waals surface area contributed by atoms with Crippen molar-refractivity contribution in [1.29, 1.82) is 0 Å². The highest BCUT2D eigenvalue weighted by molar-refractivity contribution is 5.94. The summed E-state index contributed by atoms with van der Waals surface area (Å²) in [5.41, 5.74) is 6.81. The number of likely N-dealkylation sites (tertiary alicyclic amines) is 2. The van der Waals surface area contributed by atoms with Crippen molar-refractivity contribution in [2.75, 3.05) is 50.0 Å². The Kier molecular flexibility index (Phi) is 8.35. The molecule has 13 heteroatoms. The van der Waals surface area contributed by atoms with Gasteiger partial charge in [0.1, 0.15) is 11.8 Å². The average molecular weight is 696 g/mol. The Morgan fingerprint density at radius 1 is 1.04 bits per heavy atom. The van der Waals surface area contributed by atoms with Gasteiger partial charge in [-0.2, -0.15) is 0 Å². The van der Waals surface area contributed by atoms with Crippen LogP contribution < -0.4 is 15.5 Å². The lowest BCUT2D eigenvalue weighted by molar-refractivity contribution is 0.0109. The number of nitrogens with zero attached hydrogens (tertiary/aromatic N) is 7. The molecule has 4 aliphatic rings. The highest BCUT2D eigenvalue weighted by Gasteiger charge is 2.42. The van der Waals surface area contributed by atoms with Crippen LogP contribution in [0.4, 0.5) is 26.4 Å². The number of ether oxygens (including phenoxy) is 1. The molecule has 4 aromatic rings. The molecular weight excluding hydrogens is 649 g/mol. The Bertz CT molecular complexity index is 1970. The lowest BCUT2D eigenvalue weighted by Gasteiger charge is -2.39. The largest absolute Gasteiger partial charge is 0.444 e. The van der Waals surface area contributed by atoms with Crippen LogP contribution in [0.5, 0.6) is 0 Å². The monoisotopic (exact) mass is 695 g/mol. The van der Waals surface area contributed by atoms with E-state index < -0.39 is 17.8 Å². The van der Waals surface area contributed by atoms with E-state index in [0.29, 0.717) is 17.9 Å². The molecule has 0 bridgehead atoms. The maximum absolute atomic E-state index is 13.5. The third-order valence-corrected chi connectivity index (χ3v) is 10.8. The smallest absolute Gasteiger partial charge is 0.410 e. The molecule has 51 heavy (non-hydrogen) atoms. The number of imidazole rings is 1. The number of rotatable bonds is 7. The van der Waals surface area contributed by atoms with Crippen LogP contribution in [0.25, 0.3) is 16.9 Å². The number of nitrogens with one attached hydrogen (secondary N) is 2. The van der Waals surface area contributed by atoms with Crippen molar-refractivity contribution in [2.45, 2.75) is 77.2 Å². The number of anilines is 3. The first-order chi connectivity index (χ1) is 24.5. The highest BCUT2D eigenvalue weighted by Crippen LogP contribution is 2.42. The summed E-state index contributed by atoms with van der Waals surface area (Å²) in [6.07, 6.45) is 6.63. The van der Waals surface area contributed by atoms with Crippen molar-refractivity contribution in [2.24, 2.45) is 5.41 Å². The van der Waals surface area contributed by atoms with Gasteiger partial charge in [-0.3, -0.25) is 14.7 Å². The second-order valence-electron chi connectivity index (χ2n) is 15.6. The van der Waals surface area contributed by atoms with E-state index >= 15 is 0 Å². The van der Waals surface area contributed by atoms with Crippen LogP contribution >= 0.6 is 0 Å². The predicted molar refractivity (Wildman–Crippen MR) is 193 cm³/mol. The fourth-order valence-electron chi connectivity index (χ4n) is 7.89. The topological polar surface area (TPSA) is 120 Å². The number of piperidine rings is 1. The minimum Gasteiger partial charge on any atom is -0.444 e. The van der Waals surface area contributed by atoms with Gasteiger partial charge in [0.2, 0.25) is 0 Å². The van der Waals surface area contributed by atoms with Gasteiger partial charge in [0.05, 0.1) is 23.6 Å². The van der Waals surface area contributed by atoms with Crippen molar-refractivity contribution >= 4 is 34.8 Å². The molecule has 2 saturated heterocycles. The molecule has 2 N–H and O–H groups in total. The van der Waals surface area contributed by atoms with Crippen molar-refractivity contribution in [1.82, 2.24) is 34.7 Å². The Morgan fingerprint density at radius 2 is 1.82 bits per heavy atom. The molecule has 1 saturated carbocycles. The first-order valence-corrected chi connectivity index (χ1v) is 18.1. The van der Waals surface area contributed by atoms with Crippen LogP contribution in [0.3, 0.4) is 0 Å². The summed E-state index contributed by atoms with van der Waals surface area (Å²) < 4.78 is 20.7. The molecule has 2 amide bonds. The number of carbonyl (C=O) groups excluding carboxylic acids is 2. The Balaban J connectivity index is 0.948. The van der Waals surface area contributed by atoms with Gasteiger partial charge in [0, 0.05) is 69.7 Å². The average Bonchev–Trinajstić information content (AvgIpc) is 3.46. The fourth-order valence-corrected chi connectivity index (χ4v) is 7.89. The minimum absolute atomic E-state index is 0.200. The van der Waals surface area contributed by atoms with Gasteiger partial charge in [0.15, 0.2) is 17.2 Å². The number of fused-ring (bicyclic) bond motifs is 2. The van der Waals surface area contributed by atoms with Crippen LogP contribution in [0.15, 0.2) is 48.8 Å². The van der Waals surface area contributed by atoms with Gasteiger partial charge < -0.3 is 25.2 Å². The Morgan fingerprint density at radius 3 is 2.53 bits per heavy atom. The summed E-state index contributed by atoms with van der Waals surface area (Å²) in [6.45, 7) is 10.9. The van der Waals surface area contributed by atoms with Gasteiger partial charge in [-0.25, -0.2) is 18.7 Å². The second kappa shape index (κ2) is 12.8. The molecule has 8 rings (SSSR count). The summed E-state index contributed by atoms with van der Waals surface area (Å²) >= 11 is 0. The van der Waals surface area contributed by atoms with Crippen LogP contribution in [0.2, 0.25) is 0 Å². The van der Waals surface area contributed by atoms with Gasteiger partial charge >= 0.3 is 6.09 Å². The normalized spacial score (nSPS) is 21.3. The van der Waals surface area contributed by atoms with Crippen LogP contribution in [0, 0.1) is 5.41 Å². The van der Waals surface area contributed by atoms with Crippen LogP contribution in [0.1, 0.15) is 68.1 Å². The van der Waals surface area contributed by atoms with Crippen LogP contribution in [-0.2, 0) is 17.7 Å². The molecule has 3 aliphatic heterocycles. The lowest BCUT2D eigenvalue weighted by Crippen LogP contribution is -2.46. The second-order valence-corrected chi connectivity index (χ2v) is 15.6. The minimum atomic E-state index is -0.994. The first kappa shape index (κ1) is 33.4. The number of benzene rings is 1. The van der Waals surface area contributed by atoms with Crippen LogP contribution in [-0.4, -0.2) is 99.0 Å². The van der Waals surface area contributed by atoms with E-state index in [1.807, 2.05) is 45.0 Å². The van der Waals surface area contributed by atoms with E-state index in [9.17, 15) is 14.0 Å². The lowest BCUT2D eigenvalue weighted by atomic mass is 9.78. The summed E-state index contributed by atoms with van der Waals surface area (Å²) in [6, 6.07) is 12.1. The molecular formula is C38H46FN9O3. The molecule has 2 atom stereocenters. The summed E-state index contributed by atoms with van der Waals surface area (Å²) in [7, 11) is 1.82. The number of alkyl halides is 1. The number of hydrogen-bond donors (Lipinski definition) is 2. The molecule has 1 aliphatic carbocycles. The van der Waals surface area contributed by atoms with E-state index in [-0.39, 0.29) is 23.1 Å². The maximum atomic E-state index is 13.5. The molecule has 1 aromatic carbocycles. The third-order valence-electron chi connectivity index (χ3n) is 10.8. The number of amides is 2. The number of halogens is 1. The maximum Gasteiger partial charge on any atom is 0.410 e. The van der Waals surface area contributed by atoms with Crippen molar-refractivity contribution in [3.05, 3.63) is 65.6 Å². The fraction of sp³-hybridized carbons (Fsp3) is 0.500. The Labute approximate surface area is 297 Å². The molecule has 268 valence electrons. The SMILES string of the molecule is CNc1cc(N2CCc3c(-c4ccc(CN5CCC6(CCN(C(=O)OC(C)(C)C)CC6)C5)cn4)cccc32)nn2c(C(=O)N[C@@H]3C[C@@H]3F)cnc12. The Hall–Kier alpha value is -4.78. The zero-order valence-corrected chi connectivity index (χ0v) is 29.8. The summed E-state index contributed by atoms with van der Waals surface area (Å²) in [4.78, 5) is 41.5. The quantitative estimate of drug-likeness (QED) is 0.255. The number of carbonyl (C=O) groups is 2. The molecule has 12 nitrogen and oxygen atoms in total. The van der Waals surface area contributed by atoms with E-state index in [1.54, 1.807) is 4.52 Å². The van der Waals surface area contributed by atoms with Crippen molar-refractivity contribution in [3.63, 3.8) is 0 Å².